The van der Waals surface area contributed by atoms with E-state index >= 15 is 0 Å². The number of hydrogen-bond acceptors (Lipinski definition) is 5. The molecule has 4 heterocycles. The van der Waals surface area contributed by atoms with Gasteiger partial charge < -0.3 is 0 Å². The van der Waals surface area contributed by atoms with Crippen LogP contribution >= 0.6 is 15.9 Å². The highest BCUT2D eigenvalue weighted by Crippen LogP contribution is 2.25. The Morgan fingerprint density at radius 2 is 1.79 bits per heavy atom. The molecule has 0 saturated carbocycles. The smallest absolute Gasteiger partial charge is 0.182 e. The Labute approximate surface area is 197 Å². The molecule has 0 saturated heterocycles. The van der Waals surface area contributed by atoms with Gasteiger partial charge in [-0.15, -0.1) is 5.10 Å². The third kappa shape index (κ3) is 3.32. The molecule has 9 heteroatoms. The molecule has 6 rings (SSSR count). The van der Waals surface area contributed by atoms with Crippen LogP contribution in [-0.4, -0.2) is 39.1 Å². The molecule has 0 fully saturated rings. The van der Waals surface area contributed by atoms with Crippen molar-refractivity contribution in [3.8, 4) is 17.1 Å². The molecule has 8 nitrogen and oxygen atoms in total. The molecule has 0 aliphatic heterocycles. The first kappa shape index (κ1) is 19.8. The first-order valence-electron chi connectivity index (χ1n) is 10.5. The summed E-state index contributed by atoms with van der Waals surface area (Å²) in [4.78, 5) is 9.42. The van der Waals surface area contributed by atoms with Crippen LogP contribution in [0.1, 0.15) is 17.0 Å². The molecule has 0 aliphatic carbocycles. The van der Waals surface area contributed by atoms with E-state index < -0.39 is 0 Å². The molecule has 33 heavy (non-hydrogen) atoms. The van der Waals surface area contributed by atoms with Crippen LogP contribution in [0.3, 0.4) is 0 Å². The minimum absolute atomic E-state index is 0.646. The van der Waals surface area contributed by atoms with Gasteiger partial charge >= 0.3 is 0 Å². The van der Waals surface area contributed by atoms with Gasteiger partial charge in [0.2, 0.25) is 0 Å². The molecular formula is C24H19BrN8. The Kier molecular flexibility index (Phi) is 4.58. The molecule has 0 spiro atoms. The standard InChI is InChI=1S/C24H19BrN8/c1-15-21(25)16(2)31(29-15)13-17-7-6-8-18(11-17)22-28-24-20-12-27-33(19-9-4-3-5-10-19)23(20)26-14-32(24)30-22/h3-12,14H,13H2,1-2H3. The zero-order valence-electron chi connectivity index (χ0n) is 18.0. The van der Waals surface area contributed by atoms with Crippen molar-refractivity contribution in [2.24, 2.45) is 0 Å². The fraction of sp³-hybridized carbons (Fsp3) is 0.125. The van der Waals surface area contributed by atoms with Gasteiger partial charge in [0.05, 0.1) is 39.7 Å². The number of aromatic nitrogens is 8. The lowest BCUT2D eigenvalue weighted by Gasteiger charge is -2.06. The Balaban J connectivity index is 1.39. The van der Waals surface area contributed by atoms with Crippen LogP contribution in [0, 0.1) is 13.8 Å². The van der Waals surface area contributed by atoms with Gasteiger partial charge in [-0.3, -0.25) is 4.68 Å². The summed E-state index contributed by atoms with van der Waals surface area (Å²) in [6.07, 6.45) is 3.48. The number of halogens is 1. The molecule has 4 aromatic heterocycles. The quantitative estimate of drug-likeness (QED) is 0.350. The van der Waals surface area contributed by atoms with E-state index in [9.17, 15) is 0 Å². The predicted molar refractivity (Wildman–Crippen MR) is 129 cm³/mol. The molecule has 0 aliphatic rings. The fourth-order valence-corrected chi connectivity index (χ4v) is 4.30. The molecular weight excluding hydrogens is 480 g/mol. The van der Waals surface area contributed by atoms with Crippen LogP contribution in [-0.2, 0) is 6.54 Å². The molecule has 0 radical (unpaired) electrons. The Morgan fingerprint density at radius 3 is 2.58 bits per heavy atom. The largest absolute Gasteiger partial charge is 0.264 e. The summed E-state index contributed by atoms with van der Waals surface area (Å²) < 4.78 is 6.57. The molecule has 162 valence electrons. The van der Waals surface area contributed by atoms with Crippen LogP contribution < -0.4 is 0 Å². The molecule has 2 aromatic carbocycles. The predicted octanol–water partition coefficient (Wildman–Crippen LogP) is 4.75. The summed E-state index contributed by atoms with van der Waals surface area (Å²) in [7, 11) is 0. The maximum Gasteiger partial charge on any atom is 0.182 e. The second kappa shape index (κ2) is 7.63. The summed E-state index contributed by atoms with van der Waals surface area (Å²) in [5, 5.41) is 14.7. The van der Waals surface area contributed by atoms with E-state index in [0.29, 0.717) is 12.4 Å². The minimum Gasteiger partial charge on any atom is -0.264 e. The highest BCUT2D eigenvalue weighted by atomic mass is 79.9. The molecule has 0 amide bonds. The number of benzene rings is 2. The van der Waals surface area contributed by atoms with Crippen LogP contribution in [0.15, 0.2) is 71.6 Å². The van der Waals surface area contributed by atoms with Gasteiger partial charge in [0, 0.05) is 5.56 Å². The molecule has 0 atom stereocenters. The van der Waals surface area contributed by atoms with E-state index in [0.717, 1.165) is 49.4 Å². The maximum absolute atomic E-state index is 4.83. The van der Waals surface area contributed by atoms with Gasteiger partial charge in [0.1, 0.15) is 6.33 Å². The van der Waals surface area contributed by atoms with Crippen molar-refractivity contribution in [1.82, 2.24) is 39.1 Å². The number of aryl methyl sites for hydroxylation is 1. The Hall–Kier alpha value is -3.85. The highest BCUT2D eigenvalue weighted by Gasteiger charge is 2.15. The van der Waals surface area contributed by atoms with Crippen molar-refractivity contribution in [2.45, 2.75) is 20.4 Å². The fourth-order valence-electron chi connectivity index (χ4n) is 4.01. The maximum atomic E-state index is 4.83. The van der Waals surface area contributed by atoms with Crippen LogP contribution in [0.4, 0.5) is 0 Å². The van der Waals surface area contributed by atoms with Crippen molar-refractivity contribution in [3.05, 3.63) is 88.5 Å². The van der Waals surface area contributed by atoms with Crippen molar-refractivity contribution < 1.29 is 0 Å². The summed E-state index contributed by atoms with van der Waals surface area (Å²) >= 11 is 3.60. The minimum atomic E-state index is 0.646. The van der Waals surface area contributed by atoms with Gasteiger partial charge in [-0.2, -0.15) is 10.2 Å². The zero-order chi connectivity index (χ0) is 22.5. The molecule has 0 unspecified atom stereocenters. The number of nitrogens with zero attached hydrogens (tertiary/aromatic N) is 8. The summed E-state index contributed by atoms with van der Waals surface area (Å²) in [5.74, 6) is 0.646. The lowest BCUT2D eigenvalue weighted by Crippen LogP contribution is -2.04. The molecule has 6 aromatic rings. The van der Waals surface area contributed by atoms with E-state index in [1.165, 1.54) is 0 Å². The van der Waals surface area contributed by atoms with Gasteiger partial charge in [0.25, 0.3) is 0 Å². The monoisotopic (exact) mass is 498 g/mol. The van der Waals surface area contributed by atoms with E-state index in [1.54, 1.807) is 17.0 Å². The van der Waals surface area contributed by atoms with Crippen molar-refractivity contribution in [3.63, 3.8) is 0 Å². The topological polar surface area (TPSA) is 78.7 Å². The van der Waals surface area contributed by atoms with E-state index in [-0.39, 0.29) is 0 Å². The molecule has 0 bridgehead atoms. The Morgan fingerprint density at radius 1 is 0.939 bits per heavy atom. The van der Waals surface area contributed by atoms with Crippen molar-refractivity contribution in [1.29, 1.82) is 0 Å². The molecule has 0 N–H and O–H groups in total. The zero-order valence-corrected chi connectivity index (χ0v) is 19.6. The van der Waals surface area contributed by atoms with E-state index in [1.807, 2.05) is 58.8 Å². The summed E-state index contributed by atoms with van der Waals surface area (Å²) in [6, 6.07) is 18.2. The average molecular weight is 499 g/mol. The normalized spacial score (nSPS) is 11.6. The SMILES string of the molecule is Cc1nn(Cc2cccc(-c3nc4c5cnn(-c6ccccc6)c5ncn4n3)c2)c(C)c1Br. The van der Waals surface area contributed by atoms with Crippen LogP contribution in [0.25, 0.3) is 33.8 Å². The van der Waals surface area contributed by atoms with Crippen LogP contribution in [0.5, 0.6) is 0 Å². The lowest BCUT2D eigenvalue weighted by molar-refractivity contribution is 0.659. The number of hydrogen-bond donors (Lipinski definition) is 0. The number of fused-ring (bicyclic) bond motifs is 3. The van der Waals surface area contributed by atoms with Gasteiger partial charge in [0.15, 0.2) is 17.1 Å². The second-order valence-corrected chi connectivity index (χ2v) is 8.71. The van der Waals surface area contributed by atoms with E-state index in [2.05, 4.69) is 55.3 Å². The van der Waals surface area contributed by atoms with E-state index in [4.69, 9.17) is 4.98 Å². The van der Waals surface area contributed by atoms with Gasteiger partial charge in [-0.25, -0.2) is 19.2 Å². The Bertz CT molecular complexity index is 1630. The van der Waals surface area contributed by atoms with Crippen LogP contribution in [0.2, 0.25) is 0 Å². The summed E-state index contributed by atoms with van der Waals surface area (Å²) in [6.45, 7) is 4.74. The average Bonchev–Trinajstić information content (AvgIpc) is 3.53. The first-order chi connectivity index (χ1) is 16.1. The highest BCUT2D eigenvalue weighted by molar-refractivity contribution is 9.10. The first-order valence-corrected chi connectivity index (χ1v) is 11.3. The van der Waals surface area contributed by atoms with Gasteiger partial charge in [-0.05, 0) is 53.5 Å². The number of rotatable bonds is 4. The second-order valence-electron chi connectivity index (χ2n) is 7.92. The lowest BCUT2D eigenvalue weighted by atomic mass is 10.1. The van der Waals surface area contributed by atoms with Gasteiger partial charge in [-0.1, -0.05) is 36.4 Å². The number of para-hydroxylation sites is 1. The summed E-state index contributed by atoms with van der Waals surface area (Å²) in [5.41, 5.74) is 6.59. The van der Waals surface area contributed by atoms with Crippen molar-refractivity contribution in [2.75, 3.05) is 0 Å². The third-order valence-corrected chi connectivity index (χ3v) is 6.86. The third-order valence-electron chi connectivity index (χ3n) is 5.72. The van der Waals surface area contributed by atoms with Crippen molar-refractivity contribution >= 4 is 32.6 Å².